The fraction of sp³-hybridized carbons (Fsp3) is 0.235. The summed E-state index contributed by atoms with van der Waals surface area (Å²) in [6.45, 7) is 0. The minimum Gasteiger partial charge on any atom is -0.406 e. The van der Waals surface area contributed by atoms with Crippen molar-refractivity contribution in [3.8, 4) is 11.4 Å². The van der Waals surface area contributed by atoms with E-state index in [4.69, 9.17) is 0 Å². The number of hydrogen-bond donors (Lipinski definition) is 0. The van der Waals surface area contributed by atoms with Crippen LogP contribution < -0.4 is 4.74 Å². The third-order valence-corrected chi connectivity index (χ3v) is 4.26. The normalized spacial score (nSPS) is 19.4. The topological polar surface area (TPSA) is 52.8 Å². The Morgan fingerprint density at radius 2 is 1.69 bits per heavy atom. The van der Waals surface area contributed by atoms with Crippen LogP contribution in [-0.4, -0.2) is 26.3 Å². The van der Waals surface area contributed by atoms with Crippen molar-refractivity contribution >= 4 is 0 Å². The number of ether oxygens (including phenoxy) is 1. The molecular weight excluding hydrogens is 352 g/mol. The zero-order chi connectivity index (χ0) is 18.3. The third kappa shape index (κ3) is 3.24. The standard InChI is InChI=1S/C17H12F4N4O/c18-14-8-22-9-15(25-23-5-6-24-25)16(14)13-7-12(13)10-1-3-11(4-2-10)26-17(19,20)21/h1-6,8-9,12-13H,7H2. The number of alkyl halides is 3. The van der Waals surface area contributed by atoms with E-state index in [1.54, 1.807) is 12.1 Å². The molecule has 2 unspecified atom stereocenters. The predicted molar refractivity (Wildman–Crippen MR) is 82.3 cm³/mol. The second kappa shape index (κ2) is 6.08. The summed E-state index contributed by atoms with van der Waals surface area (Å²) in [6, 6.07) is 5.65. The van der Waals surface area contributed by atoms with Gasteiger partial charge in [0.25, 0.3) is 0 Å². The maximum Gasteiger partial charge on any atom is 0.573 e. The summed E-state index contributed by atoms with van der Waals surface area (Å²) >= 11 is 0. The lowest BCUT2D eigenvalue weighted by atomic mass is 10.0. The van der Waals surface area contributed by atoms with Gasteiger partial charge in [0.2, 0.25) is 0 Å². The molecule has 0 amide bonds. The SMILES string of the molecule is Fc1cncc(-n2nccn2)c1C1CC1c1ccc(OC(F)(F)F)cc1. The molecule has 4 rings (SSSR count). The van der Waals surface area contributed by atoms with Crippen LogP contribution in [0.25, 0.3) is 5.69 Å². The van der Waals surface area contributed by atoms with Crippen molar-refractivity contribution in [3.05, 3.63) is 66.0 Å². The molecule has 2 aromatic heterocycles. The van der Waals surface area contributed by atoms with E-state index in [0.717, 1.165) is 11.8 Å². The number of rotatable bonds is 4. The van der Waals surface area contributed by atoms with Gasteiger partial charge in [0, 0.05) is 5.56 Å². The van der Waals surface area contributed by atoms with Gasteiger partial charge in [0.05, 0.1) is 24.8 Å². The second-order valence-electron chi connectivity index (χ2n) is 5.94. The lowest BCUT2D eigenvalue weighted by molar-refractivity contribution is -0.274. The van der Waals surface area contributed by atoms with Crippen LogP contribution >= 0.6 is 0 Å². The molecule has 1 aromatic carbocycles. The molecule has 0 saturated heterocycles. The Kier molecular flexibility index (Phi) is 3.86. The van der Waals surface area contributed by atoms with E-state index in [9.17, 15) is 17.6 Å². The molecule has 1 saturated carbocycles. The quantitative estimate of drug-likeness (QED) is 0.658. The van der Waals surface area contributed by atoms with Gasteiger partial charge in [-0.25, -0.2) is 4.39 Å². The number of benzene rings is 1. The first kappa shape index (κ1) is 16.5. The van der Waals surface area contributed by atoms with Crippen molar-refractivity contribution < 1.29 is 22.3 Å². The van der Waals surface area contributed by atoms with Crippen LogP contribution in [0.3, 0.4) is 0 Å². The summed E-state index contributed by atoms with van der Waals surface area (Å²) in [4.78, 5) is 5.16. The Morgan fingerprint density at radius 3 is 2.35 bits per heavy atom. The van der Waals surface area contributed by atoms with Gasteiger partial charge in [-0.1, -0.05) is 12.1 Å². The van der Waals surface area contributed by atoms with Gasteiger partial charge in [0.15, 0.2) is 0 Å². The first-order valence-electron chi connectivity index (χ1n) is 7.78. The summed E-state index contributed by atoms with van der Waals surface area (Å²) < 4.78 is 55.0. The van der Waals surface area contributed by atoms with E-state index in [-0.39, 0.29) is 17.6 Å². The van der Waals surface area contributed by atoms with Crippen molar-refractivity contribution in [2.45, 2.75) is 24.6 Å². The van der Waals surface area contributed by atoms with Crippen LogP contribution in [0.4, 0.5) is 17.6 Å². The molecule has 0 aliphatic heterocycles. The molecule has 0 N–H and O–H groups in total. The molecule has 1 aliphatic rings. The molecule has 0 spiro atoms. The zero-order valence-corrected chi connectivity index (χ0v) is 13.2. The Labute approximate surface area is 145 Å². The minimum absolute atomic E-state index is 0.00106. The lowest BCUT2D eigenvalue weighted by Gasteiger charge is -2.10. The van der Waals surface area contributed by atoms with Gasteiger partial charge in [-0.2, -0.15) is 10.2 Å². The predicted octanol–water partition coefficient (Wildman–Crippen LogP) is 3.97. The number of nitrogens with zero attached hydrogens (tertiary/aromatic N) is 4. The summed E-state index contributed by atoms with van der Waals surface area (Å²) in [5.41, 5.74) is 1.73. The molecular formula is C17H12F4N4O. The highest BCUT2D eigenvalue weighted by Crippen LogP contribution is 2.56. The maximum absolute atomic E-state index is 14.4. The van der Waals surface area contributed by atoms with E-state index in [2.05, 4.69) is 19.9 Å². The summed E-state index contributed by atoms with van der Waals surface area (Å²) in [7, 11) is 0. The van der Waals surface area contributed by atoms with Crippen molar-refractivity contribution in [1.29, 1.82) is 0 Å². The number of aromatic nitrogens is 4. The number of pyridine rings is 1. The molecule has 3 aromatic rings. The van der Waals surface area contributed by atoms with E-state index < -0.39 is 12.2 Å². The van der Waals surface area contributed by atoms with Gasteiger partial charge in [-0.15, -0.1) is 18.0 Å². The van der Waals surface area contributed by atoms with E-state index in [0.29, 0.717) is 17.7 Å². The molecule has 1 fully saturated rings. The minimum atomic E-state index is -4.73. The Balaban J connectivity index is 1.58. The van der Waals surface area contributed by atoms with Crippen LogP contribution in [0.1, 0.15) is 29.4 Å². The first-order valence-corrected chi connectivity index (χ1v) is 7.78. The summed E-state index contributed by atoms with van der Waals surface area (Å²) in [6.07, 6.45) is 1.55. The Hall–Kier alpha value is -2.97. The largest absolute Gasteiger partial charge is 0.573 e. The van der Waals surface area contributed by atoms with Crippen LogP contribution in [0.5, 0.6) is 5.75 Å². The van der Waals surface area contributed by atoms with E-state index in [1.807, 2.05) is 0 Å². The molecule has 134 valence electrons. The average molecular weight is 364 g/mol. The molecule has 2 atom stereocenters. The van der Waals surface area contributed by atoms with E-state index in [1.165, 1.54) is 35.5 Å². The molecule has 2 heterocycles. The monoisotopic (exact) mass is 364 g/mol. The summed E-state index contributed by atoms with van der Waals surface area (Å²) in [5, 5.41) is 8.04. The summed E-state index contributed by atoms with van der Waals surface area (Å²) in [5.74, 6) is -0.853. The highest BCUT2D eigenvalue weighted by Gasteiger charge is 2.43. The maximum atomic E-state index is 14.4. The van der Waals surface area contributed by atoms with E-state index >= 15 is 0 Å². The highest BCUT2D eigenvalue weighted by molar-refractivity contribution is 5.47. The fourth-order valence-corrected chi connectivity index (χ4v) is 3.10. The lowest BCUT2D eigenvalue weighted by Crippen LogP contribution is -2.17. The molecule has 0 radical (unpaired) electrons. The fourth-order valence-electron chi connectivity index (χ4n) is 3.10. The molecule has 1 aliphatic carbocycles. The van der Waals surface area contributed by atoms with Crippen molar-refractivity contribution in [2.24, 2.45) is 0 Å². The molecule has 26 heavy (non-hydrogen) atoms. The molecule has 0 bridgehead atoms. The van der Waals surface area contributed by atoms with Gasteiger partial charge in [-0.05, 0) is 36.0 Å². The molecule has 9 heteroatoms. The van der Waals surface area contributed by atoms with Crippen LogP contribution in [0, 0.1) is 5.82 Å². The Morgan fingerprint density at radius 1 is 1.00 bits per heavy atom. The van der Waals surface area contributed by atoms with Gasteiger partial charge >= 0.3 is 6.36 Å². The van der Waals surface area contributed by atoms with Crippen molar-refractivity contribution in [3.63, 3.8) is 0 Å². The molecule has 5 nitrogen and oxygen atoms in total. The van der Waals surface area contributed by atoms with Crippen molar-refractivity contribution in [1.82, 2.24) is 20.0 Å². The smallest absolute Gasteiger partial charge is 0.406 e. The third-order valence-electron chi connectivity index (χ3n) is 4.26. The van der Waals surface area contributed by atoms with Crippen molar-refractivity contribution in [2.75, 3.05) is 0 Å². The first-order chi connectivity index (χ1) is 12.4. The van der Waals surface area contributed by atoms with Gasteiger partial charge in [-0.3, -0.25) is 4.98 Å². The van der Waals surface area contributed by atoms with Crippen LogP contribution in [0.2, 0.25) is 0 Å². The number of halogens is 4. The average Bonchev–Trinajstić information content (AvgIpc) is 3.16. The highest BCUT2D eigenvalue weighted by atomic mass is 19.4. The van der Waals surface area contributed by atoms with Crippen LogP contribution in [-0.2, 0) is 0 Å². The van der Waals surface area contributed by atoms with Gasteiger partial charge < -0.3 is 4.74 Å². The number of hydrogen-bond acceptors (Lipinski definition) is 4. The second-order valence-corrected chi connectivity index (χ2v) is 5.94. The Bertz CT molecular complexity index is 910. The zero-order valence-electron chi connectivity index (χ0n) is 13.2. The van der Waals surface area contributed by atoms with Crippen LogP contribution in [0.15, 0.2) is 49.1 Å². The van der Waals surface area contributed by atoms with Gasteiger partial charge in [0.1, 0.15) is 17.3 Å².